The van der Waals surface area contributed by atoms with Gasteiger partial charge in [0.15, 0.2) is 0 Å². The van der Waals surface area contributed by atoms with Gasteiger partial charge in [0.05, 0.1) is 30.4 Å². The Morgan fingerprint density at radius 3 is 1.81 bits per heavy atom. The SMILES string of the molecule is CC(NC1COC1)c1cc(C(F)(F)F)cc(C(F)(F)F)c1. The minimum atomic E-state index is -4.82. The van der Waals surface area contributed by atoms with Gasteiger partial charge in [-0.15, -0.1) is 0 Å². The Labute approximate surface area is 117 Å². The maximum absolute atomic E-state index is 12.7. The van der Waals surface area contributed by atoms with Crippen LogP contribution in [0.2, 0.25) is 0 Å². The van der Waals surface area contributed by atoms with E-state index in [4.69, 9.17) is 4.74 Å². The fourth-order valence-corrected chi connectivity index (χ4v) is 2.01. The molecule has 2 nitrogen and oxygen atoms in total. The Morgan fingerprint density at radius 2 is 1.48 bits per heavy atom. The summed E-state index contributed by atoms with van der Waals surface area (Å²) in [4.78, 5) is 0. The van der Waals surface area contributed by atoms with Gasteiger partial charge in [0, 0.05) is 6.04 Å². The van der Waals surface area contributed by atoms with Crippen molar-refractivity contribution in [1.29, 1.82) is 0 Å². The Morgan fingerprint density at radius 1 is 1.00 bits per heavy atom. The molecule has 0 aromatic heterocycles. The van der Waals surface area contributed by atoms with E-state index in [9.17, 15) is 26.3 Å². The summed E-state index contributed by atoms with van der Waals surface area (Å²) in [6.07, 6.45) is -9.65. The maximum atomic E-state index is 12.7. The molecule has 1 aromatic carbocycles. The lowest BCUT2D eigenvalue weighted by molar-refractivity contribution is -0.143. The average Bonchev–Trinajstić information content (AvgIpc) is 2.30. The first-order chi connectivity index (χ1) is 9.57. The largest absolute Gasteiger partial charge is 0.416 e. The summed E-state index contributed by atoms with van der Waals surface area (Å²) < 4.78 is 81.3. The number of rotatable bonds is 3. The lowest BCUT2D eigenvalue weighted by Crippen LogP contribution is -2.46. The average molecular weight is 313 g/mol. The molecule has 1 atom stereocenters. The van der Waals surface area contributed by atoms with Crippen molar-refractivity contribution in [2.75, 3.05) is 13.2 Å². The van der Waals surface area contributed by atoms with Crippen molar-refractivity contribution < 1.29 is 31.1 Å². The number of hydrogen-bond donors (Lipinski definition) is 1. The smallest absolute Gasteiger partial charge is 0.378 e. The number of ether oxygens (including phenoxy) is 1. The summed E-state index contributed by atoms with van der Waals surface area (Å²) in [5.74, 6) is 0. The molecule has 0 radical (unpaired) electrons. The highest BCUT2D eigenvalue weighted by atomic mass is 19.4. The zero-order valence-corrected chi connectivity index (χ0v) is 11.0. The lowest BCUT2D eigenvalue weighted by atomic mass is 9.99. The van der Waals surface area contributed by atoms with Crippen LogP contribution in [0.15, 0.2) is 18.2 Å². The van der Waals surface area contributed by atoms with Gasteiger partial charge < -0.3 is 10.1 Å². The summed E-state index contributed by atoms with van der Waals surface area (Å²) in [6, 6.07) is 0.924. The van der Waals surface area contributed by atoms with E-state index in [1.807, 2.05) is 0 Å². The van der Waals surface area contributed by atoms with Gasteiger partial charge in [0.25, 0.3) is 0 Å². The van der Waals surface area contributed by atoms with Crippen molar-refractivity contribution in [1.82, 2.24) is 5.32 Å². The van der Waals surface area contributed by atoms with Gasteiger partial charge in [-0.05, 0) is 30.7 Å². The number of halogens is 6. The van der Waals surface area contributed by atoms with Gasteiger partial charge in [-0.3, -0.25) is 0 Å². The first-order valence-electron chi connectivity index (χ1n) is 6.20. The first kappa shape index (κ1) is 16.1. The Bertz CT molecular complexity index is 474. The Kier molecular flexibility index (Phi) is 4.21. The van der Waals surface area contributed by atoms with Crippen molar-refractivity contribution in [2.45, 2.75) is 31.4 Å². The van der Waals surface area contributed by atoms with Gasteiger partial charge >= 0.3 is 12.4 Å². The Hall–Kier alpha value is -1.28. The van der Waals surface area contributed by atoms with Crippen molar-refractivity contribution in [3.8, 4) is 0 Å². The second-order valence-corrected chi connectivity index (χ2v) is 4.96. The highest BCUT2D eigenvalue weighted by Crippen LogP contribution is 2.37. The standard InChI is InChI=1S/C13H13F6NO/c1-7(20-11-5-21-6-11)8-2-9(12(14,15)16)4-10(3-8)13(17,18)19/h2-4,7,11,20H,5-6H2,1H3. The van der Waals surface area contributed by atoms with Crippen LogP contribution in [-0.2, 0) is 17.1 Å². The third kappa shape index (κ3) is 3.88. The molecule has 0 aliphatic carbocycles. The lowest BCUT2D eigenvalue weighted by Gasteiger charge is -2.30. The molecule has 1 aliphatic heterocycles. The molecule has 21 heavy (non-hydrogen) atoms. The topological polar surface area (TPSA) is 21.3 Å². The van der Waals surface area contributed by atoms with E-state index in [0.717, 1.165) is 12.1 Å². The van der Waals surface area contributed by atoms with Crippen LogP contribution in [0.1, 0.15) is 29.7 Å². The van der Waals surface area contributed by atoms with E-state index < -0.39 is 29.5 Å². The first-order valence-corrected chi connectivity index (χ1v) is 6.20. The molecule has 0 bridgehead atoms. The van der Waals surface area contributed by atoms with E-state index in [1.54, 1.807) is 0 Å². The number of alkyl halides is 6. The number of nitrogens with one attached hydrogen (secondary N) is 1. The zero-order valence-electron chi connectivity index (χ0n) is 11.0. The second-order valence-electron chi connectivity index (χ2n) is 4.96. The third-order valence-electron chi connectivity index (χ3n) is 3.23. The fraction of sp³-hybridized carbons (Fsp3) is 0.538. The Balaban J connectivity index is 2.34. The maximum Gasteiger partial charge on any atom is 0.416 e. The van der Waals surface area contributed by atoms with Gasteiger partial charge in [-0.25, -0.2) is 0 Å². The molecular formula is C13H13F6NO. The molecule has 2 rings (SSSR count). The van der Waals surface area contributed by atoms with Gasteiger partial charge in [-0.2, -0.15) is 26.3 Å². The molecule has 1 aromatic rings. The highest BCUT2D eigenvalue weighted by Gasteiger charge is 2.37. The molecule has 1 heterocycles. The van der Waals surface area contributed by atoms with Crippen LogP contribution < -0.4 is 5.32 Å². The van der Waals surface area contributed by atoms with Crippen LogP contribution in [0.4, 0.5) is 26.3 Å². The van der Waals surface area contributed by atoms with Crippen LogP contribution in [-0.4, -0.2) is 19.3 Å². The van der Waals surface area contributed by atoms with Gasteiger partial charge in [0.1, 0.15) is 0 Å². The molecule has 1 N–H and O–H groups in total. The van der Waals surface area contributed by atoms with Crippen molar-refractivity contribution in [3.63, 3.8) is 0 Å². The number of hydrogen-bond acceptors (Lipinski definition) is 2. The predicted octanol–water partition coefficient (Wildman–Crippen LogP) is 3.77. The third-order valence-corrected chi connectivity index (χ3v) is 3.23. The molecule has 1 unspecified atom stereocenters. The van der Waals surface area contributed by atoms with E-state index in [1.165, 1.54) is 6.92 Å². The quantitative estimate of drug-likeness (QED) is 0.858. The van der Waals surface area contributed by atoms with Crippen molar-refractivity contribution >= 4 is 0 Å². The number of benzene rings is 1. The van der Waals surface area contributed by atoms with E-state index in [0.29, 0.717) is 13.2 Å². The minimum Gasteiger partial charge on any atom is -0.378 e. The second kappa shape index (κ2) is 5.49. The monoisotopic (exact) mass is 313 g/mol. The molecular weight excluding hydrogens is 300 g/mol. The van der Waals surface area contributed by atoms with Crippen LogP contribution >= 0.6 is 0 Å². The molecule has 1 aliphatic rings. The molecule has 0 saturated carbocycles. The molecule has 1 fully saturated rings. The summed E-state index contributed by atoms with van der Waals surface area (Å²) in [5, 5.41) is 2.93. The fourth-order valence-electron chi connectivity index (χ4n) is 2.01. The molecule has 1 saturated heterocycles. The van der Waals surface area contributed by atoms with Gasteiger partial charge in [0.2, 0.25) is 0 Å². The molecule has 8 heteroatoms. The predicted molar refractivity (Wildman–Crippen MR) is 62.6 cm³/mol. The molecule has 0 spiro atoms. The minimum absolute atomic E-state index is 0.0518. The van der Waals surface area contributed by atoms with Crippen LogP contribution in [0.5, 0.6) is 0 Å². The van der Waals surface area contributed by atoms with Crippen molar-refractivity contribution in [2.24, 2.45) is 0 Å². The van der Waals surface area contributed by atoms with Crippen LogP contribution in [0.25, 0.3) is 0 Å². The van der Waals surface area contributed by atoms with Crippen LogP contribution in [0.3, 0.4) is 0 Å². The zero-order chi connectivity index (χ0) is 15.8. The summed E-state index contributed by atoms with van der Waals surface area (Å²) in [7, 11) is 0. The van der Waals surface area contributed by atoms with Gasteiger partial charge in [-0.1, -0.05) is 0 Å². The summed E-state index contributed by atoms with van der Waals surface area (Å²) in [6.45, 7) is 2.32. The highest BCUT2D eigenvalue weighted by molar-refractivity contribution is 5.35. The summed E-state index contributed by atoms with van der Waals surface area (Å²) in [5.41, 5.74) is -2.65. The normalized spacial score (nSPS) is 18.4. The summed E-state index contributed by atoms with van der Waals surface area (Å²) >= 11 is 0. The van der Waals surface area contributed by atoms with E-state index in [-0.39, 0.29) is 17.7 Å². The van der Waals surface area contributed by atoms with E-state index >= 15 is 0 Å². The van der Waals surface area contributed by atoms with E-state index in [2.05, 4.69) is 5.32 Å². The molecule has 0 amide bonds. The van der Waals surface area contributed by atoms with Crippen LogP contribution in [0, 0.1) is 0 Å². The van der Waals surface area contributed by atoms with Crippen molar-refractivity contribution in [3.05, 3.63) is 34.9 Å². The molecule has 118 valence electrons.